The molecular formula is C17H20OS. The zero-order valence-corrected chi connectivity index (χ0v) is 12.0. The Kier molecular flexibility index (Phi) is 3.81. The first-order chi connectivity index (χ1) is 9.25. The lowest BCUT2D eigenvalue weighted by Crippen LogP contribution is -2.33. The van der Waals surface area contributed by atoms with Crippen molar-refractivity contribution in [2.45, 2.75) is 42.6 Å². The third-order valence-electron chi connectivity index (χ3n) is 4.01. The predicted octanol–water partition coefficient (Wildman–Crippen LogP) is 4.63. The number of benzene rings is 2. The van der Waals surface area contributed by atoms with E-state index >= 15 is 0 Å². The molecule has 1 nitrogen and oxygen atoms in total. The van der Waals surface area contributed by atoms with Crippen LogP contribution < -0.4 is 0 Å². The van der Waals surface area contributed by atoms with Gasteiger partial charge in [-0.25, -0.2) is 0 Å². The first kappa shape index (κ1) is 13.0. The fourth-order valence-corrected chi connectivity index (χ4v) is 3.93. The van der Waals surface area contributed by atoms with Crippen LogP contribution in [0.15, 0.2) is 47.4 Å². The summed E-state index contributed by atoms with van der Waals surface area (Å²) in [6.45, 7) is 0. The number of hydrogen-bond donors (Lipinski definition) is 1. The van der Waals surface area contributed by atoms with Gasteiger partial charge in [0, 0.05) is 10.6 Å². The second-order valence-electron chi connectivity index (χ2n) is 5.58. The predicted molar refractivity (Wildman–Crippen MR) is 82.7 cm³/mol. The summed E-state index contributed by atoms with van der Waals surface area (Å²) in [5, 5.41) is 13.1. The Labute approximate surface area is 119 Å². The molecule has 1 N–H and O–H groups in total. The van der Waals surface area contributed by atoms with Crippen LogP contribution in [-0.4, -0.2) is 16.5 Å². The van der Waals surface area contributed by atoms with E-state index in [2.05, 4.69) is 42.5 Å². The van der Waals surface area contributed by atoms with Gasteiger partial charge in [0.15, 0.2) is 0 Å². The molecule has 2 heteroatoms. The summed E-state index contributed by atoms with van der Waals surface area (Å²) < 4.78 is 0. The number of hydrogen-bond acceptors (Lipinski definition) is 2. The first-order valence-corrected chi connectivity index (χ1v) is 8.08. The van der Waals surface area contributed by atoms with Crippen molar-refractivity contribution in [1.29, 1.82) is 0 Å². The van der Waals surface area contributed by atoms with Crippen molar-refractivity contribution in [1.82, 2.24) is 0 Å². The minimum Gasteiger partial charge on any atom is -0.389 e. The van der Waals surface area contributed by atoms with Gasteiger partial charge in [-0.2, -0.15) is 0 Å². The van der Waals surface area contributed by atoms with Crippen LogP contribution in [0.5, 0.6) is 0 Å². The minimum absolute atomic E-state index is 0.436. The number of aliphatic hydroxyl groups is 1. The molecule has 2 aromatic carbocycles. The summed E-state index contributed by atoms with van der Waals surface area (Å²) in [4.78, 5) is 1.26. The van der Waals surface area contributed by atoms with Gasteiger partial charge < -0.3 is 5.11 Å². The van der Waals surface area contributed by atoms with Gasteiger partial charge in [-0.15, -0.1) is 11.8 Å². The van der Waals surface area contributed by atoms with E-state index in [4.69, 9.17) is 0 Å². The van der Waals surface area contributed by atoms with E-state index in [1.54, 1.807) is 11.8 Å². The normalized spacial score (nSPS) is 18.6. The first-order valence-electron chi connectivity index (χ1n) is 7.09. The molecule has 0 aromatic heterocycles. The van der Waals surface area contributed by atoms with Crippen LogP contribution >= 0.6 is 11.8 Å². The van der Waals surface area contributed by atoms with Gasteiger partial charge in [-0.3, -0.25) is 0 Å². The lowest BCUT2D eigenvalue weighted by Gasteiger charge is -2.31. The largest absolute Gasteiger partial charge is 0.389 e. The Morgan fingerprint density at radius 1 is 0.947 bits per heavy atom. The molecule has 0 spiro atoms. The summed E-state index contributed by atoms with van der Waals surface area (Å²) in [5.74, 6) is 0.825. The number of fused-ring (bicyclic) bond motifs is 1. The molecule has 0 radical (unpaired) electrons. The Morgan fingerprint density at radius 3 is 2.47 bits per heavy atom. The van der Waals surface area contributed by atoms with E-state index in [0.29, 0.717) is 0 Å². The monoisotopic (exact) mass is 272 g/mol. The Bertz CT molecular complexity index is 558. The summed E-state index contributed by atoms with van der Waals surface area (Å²) in [7, 11) is 0. The van der Waals surface area contributed by atoms with E-state index in [9.17, 15) is 5.11 Å². The zero-order chi connectivity index (χ0) is 13.1. The highest BCUT2D eigenvalue weighted by Crippen LogP contribution is 2.34. The van der Waals surface area contributed by atoms with E-state index in [-0.39, 0.29) is 0 Å². The smallest absolute Gasteiger partial charge is 0.0741 e. The second-order valence-corrected chi connectivity index (χ2v) is 6.63. The van der Waals surface area contributed by atoms with E-state index in [1.165, 1.54) is 34.9 Å². The standard InChI is InChI=1S/C17H20OS/c18-17(10-4-1-5-11-17)13-19-16-9-8-14-6-2-3-7-15(14)12-16/h2-3,6-9,12,18H,1,4-5,10-11,13H2. The van der Waals surface area contributed by atoms with E-state index in [1.807, 2.05) is 0 Å². The lowest BCUT2D eigenvalue weighted by molar-refractivity contribution is 0.0273. The summed E-state index contributed by atoms with van der Waals surface area (Å²) >= 11 is 1.79. The van der Waals surface area contributed by atoms with Gasteiger partial charge in [0.05, 0.1) is 5.60 Å². The molecule has 0 atom stereocenters. The Balaban J connectivity index is 1.71. The van der Waals surface area contributed by atoms with E-state index in [0.717, 1.165) is 18.6 Å². The van der Waals surface area contributed by atoms with Crippen LogP contribution in [-0.2, 0) is 0 Å². The maximum atomic E-state index is 10.5. The third kappa shape index (κ3) is 3.13. The highest BCUT2D eigenvalue weighted by Gasteiger charge is 2.28. The van der Waals surface area contributed by atoms with Crippen LogP contribution in [0.3, 0.4) is 0 Å². The third-order valence-corrected chi connectivity index (χ3v) is 5.28. The molecule has 2 aromatic rings. The van der Waals surface area contributed by atoms with Crippen molar-refractivity contribution < 1.29 is 5.11 Å². The van der Waals surface area contributed by atoms with Crippen LogP contribution in [0.4, 0.5) is 0 Å². The summed E-state index contributed by atoms with van der Waals surface area (Å²) in [6.07, 6.45) is 5.56. The highest BCUT2D eigenvalue weighted by molar-refractivity contribution is 7.99. The van der Waals surface area contributed by atoms with Crippen LogP contribution in [0.25, 0.3) is 10.8 Å². The fraction of sp³-hybridized carbons (Fsp3) is 0.412. The maximum Gasteiger partial charge on any atom is 0.0741 e. The fourth-order valence-electron chi connectivity index (χ4n) is 2.83. The highest BCUT2D eigenvalue weighted by atomic mass is 32.2. The van der Waals surface area contributed by atoms with Gasteiger partial charge in [0.1, 0.15) is 0 Å². The average Bonchev–Trinajstić information content (AvgIpc) is 2.46. The number of rotatable bonds is 3. The minimum atomic E-state index is -0.436. The molecule has 0 saturated heterocycles. The zero-order valence-electron chi connectivity index (χ0n) is 11.1. The molecular weight excluding hydrogens is 252 g/mol. The average molecular weight is 272 g/mol. The van der Waals surface area contributed by atoms with E-state index < -0.39 is 5.60 Å². The van der Waals surface area contributed by atoms with Crippen molar-refractivity contribution in [2.75, 3.05) is 5.75 Å². The van der Waals surface area contributed by atoms with Crippen molar-refractivity contribution in [3.63, 3.8) is 0 Å². The van der Waals surface area contributed by atoms with Crippen molar-refractivity contribution in [2.24, 2.45) is 0 Å². The van der Waals surface area contributed by atoms with Crippen molar-refractivity contribution in [3.8, 4) is 0 Å². The summed E-state index contributed by atoms with van der Waals surface area (Å²) in [6, 6.07) is 15.0. The van der Waals surface area contributed by atoms with Crippen molar-refractivity contribution >= 4 is 22.5 Å². The quantitative estimate of drug-likeness (QED) is 0.822. The van der Waals surface area contributed by atoms with Crippen LogP contribution in [0, 0.1) is 0 Å². The molecule has 3 rings (SSSR count). The van der Waals surface area contributed by atoms with Crippen LogP contribution in [0.1, 0.15) is 32.1 Å². The van der Waals surface area contributed by atoms with Gasteiger partial charge in [0.25, 0.3) is 0 Å². The molecule has 1 aliphatic carbocycles. The molecule has 1 saturated carbocycles. The molecule has 1 aliphatic rings. The lowest BCUT2D eigenvalue weighted by atomic mass is 9.86. The molecule has 100 valence electrons. The SMILES string of the molecule is OC1(CSc2ccc3ccccc3c2)CCCCC1. The molecule has 0 aliphatic heterocycles. The van der Waals surface area contributed by atoms with Crippen molar-refractivity contribution in [3.05, 3.63) is 42.5 Å². The van der Waals surface area contributed by atoms with Gasteiger partial charge in [-0.05, 0) is 35.7 Å². The Morgan fingerprint density at radius 2 is 1.68 bits per heavy atom. The Hall–Kier alpha value is -0.990. The molecule has 0 unspecified atom stereocenters. The van der Waals surface area contributed by atoms with Gasteiger partial charge in [0.2, 0.25) is 0 Å². The van der Waals surface area contributed by atoms with Gasteiger partial charge in [-0.1, -0.05) is 49.6 Å². The summed E-state index contributed by atoms with van der Waals surface area (Å²) in [5.41, 5.74) is -0.436. The second kappa shape index (κ2) is 5.56. The number of thioether (sulfide) groups is 1. The topological polar surface area (TPSA) is 20.2 Å². The van der Waals surface area contributed by atoms with Crippen LogP contribution in [0.2, 0.25) is 0 Å². The molecule has 19 heavy (non-hydrogen) atoms. The molecule has 0 amide bonds. The maximum absolute atomic E-state index is 10.5. The molecule has 0 heterocycles. The molecule has 0 bridgehead atoms. The molecule has 1 fully saturated rings. The van der Waals surface area contributed by atoms with Gasteiger partial charge >= 0.3 is 0 Å².